The molecule has 0 aliphatic carbocycles. The Morgan fingerprint density at radius 2 is 1.68 bits per heavy atom. The summed E-state index contributed by atoms with van der Waals surface area (Å²) in [4.78, 5) is 0. The van der Waals surface area contributed by atoms with Crippen LogP contribution in [0.3, 0.4) is 0 Å². The van der Waals surface area contributed by atoms with E-state index in [2.05, 4.69) is 28.8 Å². The minimum absolute atomic E-state index is 0.638. The third kappa shape index (κ3) is 1.80. The van der Waals surface area contributed by atoms with Crippen LogP contribution in [0.1, 0.15) is 5.56 Å². The smallest absolute Gasteiger partial charge is 0.0991 e. The lowest BCUT2D eigenvalue weighted by atomic mass is 10.1. The number of benzene rings is 3. The number of fused-ring (bicyclic) bond motifs is 3. The van der Waals surface area contributed by atoms with Crippen LogP contribution in [0, 0.1) is 11.3 Å². The van der Waals surface area contributed by atoms with Crippen molar-refractivity contribution >= 4 is 33.4 Å². The molecule has 22 heavy (non-hydrogen) atoms. The van der Waals surface area contributed by atoms with Crippen molar-refractivity contribution in [3.63, 3.8) is 0 Å². The maximum Gasteiger partial charge on any atom is 0.0991 e. The van der Waals surface area contributed by atoms with E-state index in [0.29, 0.717) is 10.6 Å². The van der Waals surface area contributed by atoms with E-state index in [-0.39, 0.29) is 0 Å². The first-order valence-corrected chi connectivity index (χ1v) is 7.35. The van der Waals surface area contributed by atoms with Gasteiger partial charge in [-0.15, -0.1) is 0 Å². The molecule has 104 valence electrons. The fourth-order valence-corrected chi connectivity index (χ4v) is 3.22. The highest BCUT2D eigenvalue weighted by Crippen LogP contribution is 2.36. The molecule has 0 aliphatic heterocycles. The SMILES string of the molecule is N#Cc1ccc2c(c1)c1c(Cl)cccc1n2-c1ccccc1. The van der Waals surface area contributed by atoms with E-state index >= 15 is 0 Å². The van der Waals surface area contributed by atoms with Crippen molar-refractivity contribution in [1.82, 2.24) is 4.57 Å². The molecule has 0 bridgehead atoms. The van der Waals surface area contributed by atoms with Gasteiger partial charge in [0.25, 0.3) is 0 Å². The Bertz CT molecular complexity index is 1040. The van der Waals surface area contributed by atoms with Crippen molar-refractivity contribution in [2.75, 3.05) is 0 Å². The summed E-state index contributed by atoms with van der Waals surface area (Å²) in [6.45, 7) is 0. The standard InChI is InChI=1S/C19H11ClN2/c20-16-7-4-8-18-19(16)15-11-13(12-21)9-10-17(15)22(18)14-5-2-1-3-6-14/h1-11H. The van der Waals surface area contributed by atoms with Gasteiger partial charge in [-0.3, -0.25) is 0 Å². The zero-order valence-electron chi connectivity index (χ0n) is 11.6. The fraction of sp³-hybridized carbons (Fsp3) is 0. The van der Waals surface area contributed by atoms with Crippen LogP contribution in [-0.2, 0) is 0 Å². The molecule has 1 aromatic heterocycles. The molecule has 0 saturated carbocycles. The molecule has 0 spiro atoms. The summed E-state index contributed by atoms with van der Waals surface area (Å²) in [5.74, 6) is 0. The van der Waals surface area contributed by atoms with E-state index < -0.39 is 0 Å². The first-order chi connectivity index (χ1) is 10.8. The Hall–Kier alpha value is -2.76. The van der Waals surface area contributed by atoms with Crippen LogP contribution in [-0.4, -0.2) is 4.57 Å². The minimum Gasteiger partial charge on any atom is -0.309 e. The molecule has 0 saturated heterocycles. The van der Waals surface area contributed by atoms with Gasteiger partial charge >= 0.3 is 0 Å². The Balaban J connectivity index is 2.24. The second-order valence-electron chi connectivity index (χ2n) is 5.15. The predicted molar refractivity (Wildman–Crippen MR) is 90.5 cm³/mol. The van der Waals surface area contributed by atoms with Crippen molar-refractivity contribution in [3.8, 4) is 11.8 Å². The van der Waals surface area contributed by atoms with E-state index in [0.717, 1.165) is 27.5 Å². The highest BCUT2D eigenvalue weighted by molar-refractivity contribution is 6.38. The van der Waals surface area contributed by atoms with Gasteiger partial charge in [-0.2, -0.15) is 5.26 Å². The van der Waals surface area contributed by atoms with Crippen LogP contribution in [0.15, 0.2) is 66.7 Å². The molecule has 2 nitrogen and oxygen atoms in total. The monoisotopic (exact) mass is 302 g/mol. The number of aromatic nitrogens is 1. The number of nitriles is 1. The van der Waals surface area contributed by atoms with Crippen molar-refractivity contribution < 1.29 is 0 Å². The summed E-state index contributed by atoms with van der Waals surface area (Å²) in [6, 6.07) is 24.0. The van der Waals surface area contributed by atoms with Crippen LogP contribution in [0.4, 0.5) is 0 Å². The largest absolute Gasteiger partial charge is 0.309 e. The van der Waals surface area contributed by atoms with E-state index in [1.54, 1.807) is 0 Å². The van der Waals surface area contributed by atoms with Crippen LogP contribution < -0.4 is 0 Å². The number of para-hydroxylation sites is 1. The molecule has 3 heteroatoms. The van der Waals surface area contributed by atoms with E-state index in [9.17, 15) is 5.26 Å². The highest BCUT2D eigenvalue weighted by Gasteiger charge is 2.14. The van der Waals surface area contributed by atoms with Crippen molar-refractivity contribution in [1.29, 1.82) is 5.26 Å². The summed E-state index contributed by atoms with van der Waals surface area (Å²) in [7, 11) is 0. The molecule has 0 aliphatic rings. The van der Waals surface area contributed by atoms with E-state index in [1.807, 2.05) is 48.5 Å². The molecule has 3 aromatic carbocycles. The Morgan fingerprint density at radius 1 is 0.864 bits per heavy atom. The first-order valence-electron chi connectivity index (χ1n) is 6.98. The molecule has 0 unspecified atom stereocenters. The van der Waals surface area contributed by atoms with Gasteiger partial charge < -0.3 is 4.57 Å². The lowest BCUT2D eigenvalue weighted by Crippen LogP contribution is -1.92. The Morgan fingerprint density at radius 3 is 2.45 bits per heavy atom. The maximum absolute atomic E-state index is 9.17. The summed E-state index contributed by atoms with van der Waals surface area (Å²) >= 11 is 6.44. The number of nitrogens with zero attached hydrogens (tertiary/aromatic N) is 2. The van der Waals surface area contributed by atoms with Crippen molar-refractivity contribution in [3.05, 3.63) is 77.3 Å². The van der Waals surface area contributed by atoms with Crippen molar-refractivity contribution in [2.24, 2.45) is 0 Å². The molecule has 0 fully saturated rings. The number of rotatable bonds is 1. The normalized spacial score (nSPS) is 10.9. The molecular weight excluding hydrogens is 292 g/mol. The second-order valence-corrected chi connectivity index (χ2v) is 5.56. The molecule has 0 radical (unpaired) electrons. The average molecular weight is 303 g/mol. The van der Waals surface area contributed by atoms with Gasteiger partial charge in [0, 0.05) is 16.5 Å². The third-order valence-electron chi connectivity index (χ3n) is 3.88. The number of halogens is 1. The number of hydrogen-bond acceptors (Lipinski definition) is 1. The molecule has 0 atom stereocenters. The zero-order valence-corrected chi connectivity index (χ0v) is 12.4. The van der Waals surface area contributed by atoms with Crippen LogP contribution in [0.2, 0.25) is 5.02 Å². The molecular formula is C19H11ClN2. The third-order valence-corrected chi connectivity index (χ3v) is 4.20. The van der Waals surface area contributed by atoms with Crippen molar-refractivity contribution in [2.45, 2.75) is 0 Å². The van der Waals surface area contributed by atoms with E-state index in [1.165, 1.54) is 0 Å². The highest BCUT2D eigenvalue weighted by atomic mass is 35.5. The summed E-state index contributed by atoms with van der Waals surface area (Å²) in [5.41, 5.74) is 3.81. The molecule has 4 rings (SSSR count). The average Bonchev–Trinajstić information content (AvgIpc) is 2.90. The maximum atomic E-state index is 9.17. The summed E-state index contributed by atoms with van der Waals surface area (Å²) in [6.07, 6.45) is 0. The molecule has 0 N–H and O–H groups in total. The fourth-order valence-electron chi connectivity index (χ4n) is 2.95. The van der Waals surface area contributed by atoms with Gasteiger partial charge in [-0.1, -0.05) is 35.9 Å². The quantitative estimate of drug-likeness (QED) is 0.468. The number of hydrogen-bond donors (Lipinski definition) is 0. The minimum atomic E-state index is 0.638. The van der Waals surface area contributed by atoms with Gasteiger partial charge in [0.15, 0.2) is 0 Å². The van der Waals surface area contributed by atoms with Gasteiger partial charge in [-0.25, -0.2) is 0 Å². The molecule has 4 aromatic rings. The summed E-state index contributed by atoms with van der Waals surface area (Å²) < 4.78 is 2.18. The van der Waals surface area contributed by atoms with Gasteiger partial charge in [0.2, 0.25) is 0 Å². The van der Waals surface area contributed by atoms with Crippen LogP contribution in [0.25, 0.3) is 27.5 Å². The van der Waals surface area contributed by atoms with E-state index in [4.69, 9.17) is 11.6 Å². The Labute approximate surface area is 132 Å². The van der Waals surface area contributed by atoms with Crippen LogP contribution in [0.5, 0.6) is 0 Å². The topological polar surface area (TPSA) is 28.7 Å². The lowest BCUT2D eigenvalue weighted by molar-refractivity contribution is 1.18. The summed E-state index contributed by atoms with van der Waals surface area (Å²) in [5, 5.41) is 11.9. The first kappa shape index (κ1) is 12.9. The van der Waals surface area contributed by atoms with Gasteiger partial charge in [-0.05, 0) is 42.5 Å². The lowest BCUT2D eigenvalue weighted by Gasteiger charge is -2.07. The molecule has 0 amide bonds. The Kier molecular flexibility index (Phi) is 2.89. The zero-order chi connectivity index (χ0) is 15.1. The van der Waals surface area contributed by atoms with Gasteiger partial charge in [0.05, 0.1) is 27.7 Å². The predicted octanol–water partition coefficient (Wildman–Crippen LogP) is 5.31. The molecule has 1 heterocycles. The van der Waals surface area contributed by atoms with Crippen LogP contribution >= 0.6 is 11.6 Å². The second kappa shape index (κ2) is 4.91. The van der Waals surface area contributed by atoms with Gasteiger partial charge in [0.1, 0.15) is 0 Å².